The van der Waals surface area contributed by atoms with Crippen LogP contribution in [0.4, 0.5) is 5.69 Å². The Morgan fingerprint density at radius 1 is 1.33 bits per heavy atom. The van der Waals surface area contributed by atoms with E-state index in [1.165, 1.54) is 0 Å². The van der Waals surface area contributed by atoms with Crippen LogP contribution in [-0.4, -0.2) is 24.1 Å². The molecule has 0 saturated carbocycles. The number of methoxy groups -OCH3 is 1. The van der Waals surface area contributed by atoms with Crippen LogP contribution in [0.15, 0.2) is 48.8 Å². The lowest BCUT2D eigenvalue weighted by molar-refractivity contribution is -0.127. The van der Waals surface area contributed by atoms with Gasteiger partial charge in [0.2, 0.25) is 0 Å². The van der Waals surface area contributed by atoms with Crippen LogP contribution in [0, 0.1) is 0 Å². The van der Waals surface area contributed by atoms with Gasteiger partial charge in [-0.15, -0.1) is 0 Å². The molecule has 21 heavy (non-hydrogen) atoms. The minimum Gasteiger partial charge on any atom is -0.497 e. The molecule has 0 fully saturated rings. The second-order valence-electron chi connectivity index (χ2n) is 4.54. The Bertz CT molecular complexity index is 587. The molecule has 0 radical (unpaired) electrons. The van der Waals surface area contributed by atoms with Crippen LogP contribution >= 0.6 is 0 Å². The van der Waals surface area contributed by atoms with Crippen molar-refractivity contribution in [2.24, 2.45) is 0 Å². The fourth-order valence-corrected chi connectivity index (χ4v) is 1.74. The van der Waals surface area contributed by atoms with E-state index in [1.54, 1.807) is 38.6 Å². The highest BCUT2D eigenvalue weighted by molar-refractivity contribution is 5.93. The highest BCUT2D eigenvalue weighted by Crippen LogP contribution is 2.14. The largest absolute Gasteiger partial charge is 0.497 e. The van der Waals surface area contributed by atoms with E-state index in [1.807, 2.05) is 24.3 Å². The summed E-state index contributed by atoms with van der Waals surface area (Å²) in [6.07, 6.45) is 2.68. The highest BCUT2D eigenvalue weighted by atomic mass is 16.5. The molecular formula is C16H18N2O3. The van der Waals surface area contributed by atoms with Gasteiger partial charge >= 0.3 is 0 Å². The standard InChI is InChI=1S/C16H18N2O3/c1-12(16(19)18-14-6-4-8-17-10-14)21-11-13-5-3-7-15(9-13)20-2/h3-10,12H,11H2,1-2H3,(H,18,19)/t12-/m0/s1. The van der Waals surface area contributed by atoms with Crippen molar-refractivity contribution in [2.45, 2.75) is 19.6 Å². The number of carbonyl (C=O) groups is 1. The fourth-order valence-electron chi connectivity index (χ4n) is 1.74. The van der Waals surface area contributed by atoms with Gasteiger partial charge in [-0.2, -0.15) is 0 Å². The number of rotatable bonds is 6. The topological polar surface area (TPSA) is 60.5 Å². The summed E-state index contributed by atoms with van der Waals surface area (Å²) >= 11 is 0. The molecule has 0 aliphatic carbocycles. The number of pyridine rings is 1. The average molecular weight is 286 g/mol. The number of nitrogens with zero attached hydrogens (tertiary/aromatic N) is 1. The number of ether oxygens (including phenoxy) is 2. The van der Waals surface area contributed by atoms with E-state index >= 15 is 0 Å². The third-order valence-electron chi connectivity index (χ3n) is 2.93. The molecule has 0 aliphatic heterocycles. The van der Waals surface area contributed by atoms with Gasteiger partial charge in [-0.1, -0.05) is 12.1 Å². The van der Waals surface area contributed by atoms with Crippen LogP contribution < -0.4 is 10.1 Å². The Morgan fingerprint density at radius 2 is 2.19 bits per heavy atom. The molecule has 0 spiro atoms. The number of carbonyl (C=O) groups excluding carboxylic acids is 1. The van der Waals surface area contributed by atoms with E-state index in [-0.39, 0.29) is 5.91 Å². The SMILES string of the molecule is COc1cccc(CO[C@@H](C)C(=O)Nc2cccnc2)c1. The van der Waals surface area contributed by atoms with Crippen molar-refractivity contribution in [3.8, 4) is 5.75 Å². The molecule has 0 saturated heterocycles. The first-order chi connectivity index (χ1) is 10.2. The van der Waals surface area contributed by atoms with E-state index in [2.05, 4.69) is 10.3 Å². The maximum atomic E-state index is 12.0. The molecule has 1 amide bonds. The fraction of sp³-hybridized carbons (Fsp3) is 0.250. The molecule has 0 aliphatic rings. The van der Waals surface area contributed by atoms with E-state index in [9.17, 15) is 4.79 Å². The van der Waals surface area contributed by atoms with E-state index in [0.717, 1.165) is 11.3 Å². The lowest BCUT2D eigenvalue weighted by Gasteiger charge is -2.13. The van der Waals surface area contributed by atoms with Gasteiger partial charge in [-0.3, -0.25) is 9.78 Å². The van der Waals surface area contributed by atoms with Crippen LogP contribution in [0.25, 0.3) is 0 Å². The zero-order valence-electron chi connectivity index (χ0n) is 12.1. The number of benzene rings is 1. The van der Waals surface area contributed by atoms with Crippen LogP contribution in [0.3, 0.4) is 0 Å². The normalized spacial score (nSPS) is 11.7. The van der Waals surface area contributed by atoms with Crippen molar-refractivity contribution < 1.29 is 14.3 Å². The van der Waals surface area contributed by atoms with Gasteiger partial charge < -0.3 is 14.8 Å². The monoisotopic (exact) mass is 286 g/mol. The number of aromatic nitrogens is 1. The molecule has 2 rings (SSSR count). The number of hydrogen-bond donors (Lipinski definition) is 1. The number of anilines is 1. The molecule has 1 aromatic carbocycles. The third-order valence-corrected chi connectivity index (χ3v) is 2.93. The first-order valence-corrected chi connectivity index (χ1v) is 6.64. The molecule has 0 bridgehead atoms. The number of nitrogens with one attached hydrogen (secondary N) is 1. The zero-order chi connectivity index (χ0) is 15.1. The Balaban J connectivity index is 1.86. The van der Waals surface area contributed by atoms with Gasteiger partial charge in [0.05, 0.1) is 25.6 Å². The summed E-state index contributed by atoms with van der Waals surface area (Å²) in [5.74, 6) is 0.564. The summed E-state index contributed by atoms with van der Waals surface area (Å²) in [4.78, 5) is 15.9. The predicted octanol–water partition coefficient (Wildman–Crippen LogP) is 2.63. The molecule has 1 heterocycles. The maximum Gasteiger partial charge on any atom is 0.253 e. The van der Waals surface area contributed by atoms with E-state index in [4.69, 9.17) is 9.47 Å². The van der Waals surface area contributed by atoms with Gasteiger partial charge in [0.15, 0.2) is 0 Å². The van der Waals surface area contributed by atoms with Crippen molar-refractivity contribution in [1.29, 1.82) is 0 Å². The van der Waals surface area contributed by atoms with Gasteiger partial charge in [0.25, 0.3) is 5.91 Å². The molecule has 1 aromatic heterocycles. The Morgan fingerprint density at radius 3 is 2.90 bits per heavy atom. The molecule has 0 unspecified atom stereocenters. The molecule has 5 heteroatoms. The Labute approximate surface area is 123 Å². The average Bonchev–Trinajstić information content (AvgIpc) is 2.53. The van der Waals surface area contributed by atoms with Gasteiger partial charge in [-0.05, 0) is 36.8 Å². The quantitative estimate of drug-likeness (QED) is 0.886. The summed E-state index contributed by atoms with van der Waals surface area (Å²) in [5.41, 5.74) is 1.61. The summed E-state index contributed by atoms with van der Waals surface area (Å²) in [5, 5.41) is 2.75. The van der Waals surface area contributed by atoms with Gasteiger partial charge in [0, 0.05) is 6.20 Å². The number of hydrogen-bond acceptors (Lipinski definition) is 4. The van der Waals surface area contributed by atoms with Crippen molar-refractivity contribution in [2.75, 3.05) is 12.4 Å². The number of amides is 1. The van der Waals surface area contributed by atoms with Crippen LogP contribution in [0.5, 0.6) is 5.75 Å². The van der Waals surface area contributed by atoms with Gasteiger partial charge in [-0.25, -0.2) is 0 Å². The molecular weight excluding hydrogens is 268 g/mol. The molecule has 1 N–H and O–H groups in total. The lowest BCUT2D eigenvalue weighted by atomic mass is 10.2. The van der Waals surface area contributed by atoms with Crippen molar-refractivity contribution >= 4 is 11.6 Å². The van der Waals surface area contributed by atoms with Crippen LogP contribution in [0.2, 0.25) is 0 Å². The minimum atomic E-state index is -0.559. The Kier molecular flexibility index (Phi) is 5.29. The second-order valence-corrected chi connectivity index (χ2v) is 4.54. The lowest BCUT2D eigenvalue weighted by Crippen LogP contribution is -2.27. The smallest absolute Gasteiger partial charge is 0.253 e. The highest BCUT2D eigenvalue weighted by Gasteiger charge is 2.13. The maximum absolute atomic E-state index is 12.0. The summed E-state index contributed by atoms with van der Waals surface area (Å²) in [7, 11) is 1.62. The first kappa shape index (κ1) is 15.0. The van der Waals surface area contributed by atoms with Crippen molar-refractivity contribution in [3.63, 3.8) is 0 Å². The van der Waals surface area contributed by atoms with Crippen LogP contribution in [0.1, 0.15) is 12.5 Å². The van der Waals surface area contributed by atoms with Crippen LogP contribution in [-0.2, 0) is 16.1 Å². The minimum absolute atomic E-state index is 0.203. The van der Waals surface area contributed by atoms with Crippen molar-refractivity contribution in [3.05, 3.63) is 54.4 Å². The predicted molar refractivity (Wildman–Crippen MR) is 80.1 cm³/mol. The molecule has 2 aromatic rings. The summed E-state index contributed by atoms with van der Waals surface area (Å²) in [6.45, 7) is 2.06. The molecule has 5 nitrogen and oxygen atoms in total. The summed E-state index contributed by atoms with van der Waals surface area (Å²) < 4.78 is 10.7. The van der Waals surface area contributed by atoms with E-state index in [0.29, 0.717) is 12.3 Å². The Hall–Kier alpha value is -2.40. The molecule has 110 valence electrons. The van der Waals surface area contributed by atoms with Crippen molar-refractivity contribution in [1.82, 2.24) is 4.98 Å². The van der Waals surface area contributed by atoms with E-state index < -0.39 is 6.10 Å². The molecule has 1 atom stereocenters. The summed E-state index contributed by atoms with van der Waals surface area (Å²) in [6, 6.07) is 11.1. The van der Waals surface area contributed by atoms with Gasteiger partial charge in [0.1, 0.15) is 11.9 Å². The zero-order valence-corrected chi connectivity index (χ0v) is 12.1. The first-order valence-electron chi connectivity index (χ1n) is 6.64. The second kappa shape index (κ2) is 7.40. The third kappa shape index (κ3) is 4.57.